The van der Waals surface area contributed by atoms with E-state index in [2.05, 4.69) is 5.32 Å². The molecule has 0 aliphatic carbocycles. The van der Waals surface area contributed by atoms with Crippen molar-refractivity contribution in [2.45, 2.75) is 42.7 Å². The molecule has 0 bridgehead atoms. The summed E-state index contributed by atoms with van der Waals surface area (Å²) in [5, 5.41) is 12.7. The molecule has 8 heteroatoms. The first-order valence-corrected chi connectivity index (χ1v) is 7.92. The average molecular weight is 325 g/mol. The molecule has 1 aromatic rings. The van der Waals surface area contributed by atoms with Crippen molar-refractivity contribution in [2.75, 3.05) is 11.9 Å². The van der Waals surface area contributed by atoms with E-state index in [1.807, 2.05) is 0 Å². The number of benzene rings is 1. The van der Waals surface area contributed by atoms with Crippen LogP contribution >= 0.6 is 0 Å². The number of hydrogen-bond acceptors (Lipinski definition) is 4. The monoisotopic (exact) mass is 325 g/mol. The summed E-state index contributed by atoms with van der Waals surface area (Å²) in [5.41, 5.74) is -6.64. The van der Waals surface area contributed by atoms with Crippen LogP contribution in [0.2, 0.25) is 0 Å². The predicted octanol–water partition coefficient (Wildman–Crippen LogP) is 2.94. The number of sulfone groups is 1. The molecule has 2 N–H and O–H groups in total. The van der Waals surface area contributed by atoms with Gasteiger partial charge in [-0.05, 0) is 25.0 Å². The Hall–Kier alpha value is -1.28. The minimum Gasteiger partial charge on any atom is -0.388 e. The van der Waals surface area contributed by atoms with E-state index in [1.54, 1.807) is 13.8 Å². The summed E-state index contributed by atoms with van der Waals surface area (Å²) in [6.07, 6.45) is 0.787. The second kappa shape index (κ2) is 6.23. The molecule has 4 nitrogen and oxygen atoms in total. The summed E-state index contributed by atoms with van der Waals surface area (Å²) in [6, 6.07) is 4.77. The highest BCUT2D eigenvalue weighted by molar-refractivity contribution is 7.92. The highest BCUT2D eigenvalue weighted by Crippen LogP contribution is 2.34. The maximum absolute atomic E-state index is 12.6. The Morgan fingerprint density at radius 3 is 2.14 bits per heavy atom. The van der Waals surface area contributed by atoms with Crippen molar-refractivity contribution in [1.29, 1.82) is 0 Å². The van der Waals surface area contributed by atoms with Crippen LogP contribution in [0.4, 0.5) is 18.9 Å². The van der Waals surface area contributed by atoms with Gasteiger partial charge in [0.15, 0.2) is 0 Å². The Morgan fingerprint density at radius 2 is 1.67 bits per heavy atom. The first kappa shape index (κ1) is 17.8. The van der Waals surface area contributed by atoms with Gasteiger partial charge in [0.2, 0.25) is 0 Å². The van der Waals surface area contributed by atoms with Crippen molar-refractivity contribution in [2.24, 2.45) is 0 Å². The Kier molecular flexibility index (Phi) is 5.27. The normalized spacial score (nSPS) is 13.2. The van der Waals surface area contributed by atoms with Gasteiger partial charge < -0.3 is 10.4 Å². The van der Waals surface area contributed by atoms with Gasteiger partial charge in [0.05, 0.1) is 16.2 Å². The zero-order chi connectivity index (χ0) is 16.3. The van der Waals surface area contributed by atoms with Gasteiger partial charge in [0.25, 0.3) is 9.84 Å². The number of halogens is 3. The molecule has 0 atom stereocenters. The molecule has 0 aromatic heterocycles. The molecule has 0 fully saturated rings. The van der Waals surface area contributed by atoms with Gasteiger partial charge in [-0.2, -0.15) is 13.2 Å². The number of alkyl halides is 3. The van der Waals surface area contributed by atoms with E-state index in [0.29, 0.717) is 12.8 Å². The van der Waals surface area contributed by atoms with E-state index < -0.39 is 25.8 Å². The third kappa shape index (κ3) is 3.88. The van der Waals surface area contributed by atoms with Crippen molar-refractivity contribution < 1.29 is 26.7 Å². The van der Waals surface area contributed by atoms with Crippen LogP contribution in [-0.4, -0.2) is 31.2 Å². The maximum atomic E-state index is 12.6. The predicted molar refractivity (Wildman–Crippen MR) is 73.7 cm³/mol. The van der Waals surface area contributed by atoms with Crippen molar-refractivity contribution in [3.8, 4) is 0 Å². The summed E-state index contributed by atoms with van der Waals surface area (Å²) in [7, 11) is -5.43. The summed E-state index contributed by atoms with van der Waals surface area (Å²) >= 11 is 0. The first-order chi connectivity index (χ1) is 9.57. The van der Waals surface area contributed by atoms with E-state index in [9.17, 15) is 26.7 Å². The van der Waals surface area contributed by atoms with Crippen molar-refractivity contribution in [3.05, 3.63) is 24.3 Å². The number of hydrogen-bond donors (Lipinski definition) is 2. The van der Waals surface area contributed by atoms with Crippen LogP contribution in [0.25, 0.3) is 0 Å². The smallest absolute Gasteiger partial charge is 0.388 e. The fourth-order valence-electron chi connectivity index (χ4n) is 1.73. The lowest BCUT2D eigenvalue weighted by Gasteiger charge is -2.26. The number of aliphatic hydroxyl groups is 1. The molecular formula is C13H18F3NO3S. The molecule has 0 amide bonds. The van der Waals surface area contributed by atoms with Crippen LogP contribution in [0.1, 0.15) is 26.7 Å². The van der Waals surface area contributed by atoms with Crippen LogP contribution in [0.5, 0.6) is 0 Å². The van der Waals surface area contributed by atoms with Gasteiger partial charge in [0, 0.05) is 6.54 Å². The zero-order valence-electron chi connectivity index (χ0n) is 11.7. The van der Waals surface area contributed by atoms with Crippen molar-refractivity contribution in [1.82, 2.24) is 0 Å². The Balaban J connectivity index is 3.13. The molecule has 0 heterocycles. The van der Waals surface area contributed by atoms with Gasteiger partial charge in [-0.3, -0.25) is 0 Å². The molecule has 0 saturated heterocycles. The summed E-state index contributed by atoms with van der Waals surface area (Å²) in [5.74, 6) is 0. The lowest BCUT2D eigenvalue weighted by atomic mass is 9.97. The Bertz CT molecular complexity index is 581. The standard InChI is InChI=1S/C13H18F3NO3S/c1-3-12(18,4-2)9-17-10-7-5-6-8-11(10)21(19,20)13(14,15)16/h5-8,17-18H,3-4,9H2,1-2H3. The van der Waals surface area contributed by atoms with Crippen molar-refractivity contribution in [3.63, 3.8) is 0 Å². The summed E-state index contributed by atoms with van der Waals surface area (Å²) < 4.78 is 60.9. The van der Waals surface area contributed by atoms with Crippen molar-refractivity contribution >= 4 is 15.5 Å². The molecule has 0 aliphatic rings. The van der Waals surface area contributed by atoms with Crippen LogP contribution in [0, 0.1) is 0 Å². The molecule has 21 heavy (non-hydrogen) atoms. The Morgan fingerprint density at radius 1 is 1.14 bits per heavy atom. The Labute approximate surface area is 121 Å². The highest BCUT2D eigenvalue weighted by atomic mass is 32.2. The van der Waals surface area contributed by atoms with Gasteiger partial charge in [-0.1, -0.05) is 26.0 Å². The fourth-order valence-corrected chi connectivity index (χ4v) is 2.67. The quantitative estimate of drug-likeness (QED) is 0.844. The number of nitrogens with one attached hydrogen (secondary N) is 1. The lowest BCUT2D eigenvalue weighted by molar-refractivity contribution is -0.0435. The second-order valence-electron chi connectivity index (χ2n) is 4.73. The summed E-state index contributed by atoms with van der Waals surface area (Å²) in [6.45, 7) is 3.44. The van der Waals surface area contributed by atoms with E-state index in [1.165, 1.54) is 18.2 Å². The maximum Gasteiger partial charge on any atom is 0.501 e. The molecular weight excluding hydrogens is 307 g/mol. The summed E-state index contributed by atoms with van der Waals surface area (Å²) in [4.78, 5) is -0.841. The molecule has 1 rings (SSSR count). The van der Waals surface area contributed by atoms with Crippen LogP contribution in [-0.2, 0) is 9.84 Å². The molecule has 0 aliphatic heterocycles. The highest BCUT2D eigenvalue weighted by Gasteiger charge is 2.48. The lowest BCUT2D eigenvalue weighted by Crippen LogP contribution is -2.36. The minimum absolute atomic E-state index is 0.0373. The van der Waals surface area contributed by atoms with Crippen LogP contribution in [0.15, 0.2) is 29.2 Å². The largest absolute Gasteiger partial charge is 0.501 e. The second-order valence-corrected chi connectivity index (χ2v) is 6.64. The molecule has 0 radical (unpaired) electrons. The van der Waals surface area contributed by atoms with E-state index >= 15 is 0 Å². The SMILES string of the molecule is CCC(O)(CC)CNc1ccccc1S(=O)(=O)C(F)(F)F. The third-order valence-corrected chi connectivity index (χ3v) is 4.95. The topological polar surface area (TPSA) is 66.4 Å². The fraction of sp³-hybridized carbons (Fsp3) is 0.538. The first-order valence-electron chi connectivity index (χ1n) is 6.44. The molecule has 0 unspecified atom stereocenters. The number of rotatable bonds is 6. The zero-order valence-corrected chi connectivity index (χ0v) is 12.6. The van der Waals surface area contributed by atoms with Gasteiger partial charge in [-0.15, -0.1) is 0 Å². The molecule has 0 saturated carbocycles. The van der Waals surface area contributed by atoms with Crippen LogP contribution in [0.3, 0.4) is 0 Å². The average Bonchev–Trinajstić information content (AvgIpc) is 2.44. The molecule has 120 valence electrons. The van der Waals surface area contributed by atoms with Gasteiger partial charge >= 0.3 is 5.51 Å². The van der Waals surface area contributed by atoms with E-state index in [0.717, 1.165) is 6.07 Å². The van der Waals surface area contributed by atoms with Gasteiger partial charge in [-0.25, -0.2) is 8.42 Å². The third-order valence-electron chi connectivity index (χ3n) is 3.41. The number of para-hydroxylation sites is 1. The van der Waals surface area contributed by atoms with E-state index in [4.69, 9.17) is 0 Å². The molecule has 1 aromatic carbocycles. The van der Waals surface area contributed by atoms with Crippen LogP contribution < -0.4 is 5.32 Å². The number of anilines is 1. The van der Waals surface area contributed by atoms with E-state index in [-0.39, 0.29) is 12.2 Å². The minimum atomic E-state index is -5.43. The molecule has 0 spiro atoms. The van der Waals surface area contributed by atoms with Gasteiger partial charge in [0.1, 0.15) is 0 Å².